The van der Waals surface area contributed by atoms with Gasteiger partial charge in [-0.25, -0.2) is 0 Å². The molecule has 0 saturated heterocycles. The van der Waals surface area contributed by atoms with Crippen molar-refractivity contribution in [1.29, 1.82) is 0 Å². The van der Waals surface area contributed by atoms with Gasteiger partial charge in [0.05, 0.1) is 11.6 Å². The van der Waals surface area contributed by atoms with Crippen LogP contribution in [0.1, 0.15) is 12.5 Å². The van der Waals surface area contributed by atoms with Crippen molar-refractivity contribution >= 4 is 34.4 Å². The molecule has 2 N–H and O–H groups in total. The predicted molar refractivity (Wildman–Crippen MR) is 89.2 cm³/mol. The van der Waals surface area contributed by atoms with E-state index < -0.39 is 0 Å². The fraction of sp³-hybridized carbons (Fsp3) is 0.267. The lowest BCUT2D eigenvalue weighted by molar-refractivity contribution is 0.785. The molecule has 0 saturated carbocycles. The molecule has 0 aliphatic carbocycles. The average Bonchev–Trinajstić information content (AvgIpc) is 2.89. The Morgan fingerprint density at radius 2 is 1.91 bits per heavy atom. The van der Waals surface area contributed by atoms with Crippen molar-refractivity contribution in [2.45, 2.75) is 13.5 Å². The number of aromatic nitrogens is 4. The number of nitrogens with zero attached hydrogens (tertiary/aromatic N) is 4. The Morgan fingerprint density at radius 3 is 2.64 bits per heavy atom. The summed E-state index contributed by atoms with van der Waals surface area (Å²) in [4.78, 5) is 9.00. The van der Waals surface area contributed by atoms with E-state index in [2.05, 4.69) is 25.7 Å². The van der Waals surface area contributed by atoms with Crippen LogP contribution in [0, 0.1) is 0 Å². The van der Waals surface area contributed by atoms with E-state index in [-0.39, 0.29) is 0 Å². The first kappa shape index (κ1) is 14.6. The first-order valence-corrected chi connectivity index (χ1v) is 7.47. The van der Waals surface area contributed by atoms with Gasteiger partial charge < -0.3 is 10.6 Å². The zero-order valence-electron chi connectivity index (χ0n) is 12.5. The van der Waals surface area contributed by atoms with Crippen molar-refractivity contribution in [2.24, 2.45) is 7.05 Å². The number of nitrogens with one attached hydrogen (secondary N) is 2. The molecular weight excluding hydrogens is 300 g/mol. The third kappa shape index (κ3) is 2.96. The Morgan fingerprint density at radius 1 is 1.14 bits per heavy atom. The van der Waals surface area contributed by atoms with Gasteiger partial charge in [0.25, 0.3) is 0 Å². The zero-order chi connectivity index (χ0) is 15.5. The van der Waals surface area contributed by atoms with Crippen LogP contribution in [-0.4, -0.2) is 26.3 Å². The lowest BCUT2D eigenvalue weighted by Gasteiger charge is -2.09. The molecule has 2 aromatic heterocycles. The summed E-state index contributed by atoms with van der Waals surface area (Å²) in [6.45, 7) is 3.43. The van der Waals surface area contributed by atoms with E-state index >= 15 is 0 Å². The molecule has 2 heterocycles. The van der Waals surface area contributed by atoms with E-state index in [0.29, 0.717) is 12.5 Å². The van der Waals surface area contributed by atoms with Crippen LogP contribution in [0.4, 0.5) is 11.8 Å². The summed E-state index contributed by atoms with van der Waals surface area (Å²) in [6, 6.07) is 7.73. The predicted octanol–water partition coefficient (Wildman–Crippen LogP) is 3.06. The van der Waals surface area contributed by atoms with Gasteiger partial charge in [0, 0.05) is 25.2 Å². The SMILES string of the molecule is CCNc1nc(NCc2ccc(Cl)cc2)c2cnn(C)c2n1. The maximum absolute atomic E-state index is 5.90. The number of benzene rings is 1. The molecule has 114 valence electrons. The quantitative estimate of drug-likeness (QED) is 0.757. The van der Waals surface area contributed by atoms with E-state index in [9.17, 15) is 0 Å². The minimum absolute atomic E-state index is 0.595. The smallest absolute Gasteiger partial charge is 0.226 e. The fourth-order valence-corrected chi connectivity index (χ4v) is 2.31. The second-order valence-corrected chi connectivity index (χ2v) is 5.35. The molecular formula is C15H17ClN6. The summed E-state index contributed by atoms with van der Waals surface area (Å²) in [7, 11) is 1.87. The second-order valence-electron chi connectivity index (χ2n) is 4.91. The number of fused-ring (bicyclic) bond motifs is 1. The Balaban J connectivity index is 1.89. The number of aryl methyl sites for hydroxylation is 1. The number of hydrogen-bond acceptors (Lipinski definition) is 5. The topological polar surface area (TPSA) is 67.7 Å². The van der Waals surface area contributed by atoms with Crippen molar-refractivity contribution in [1.82, 2.24) is 19.7 Å². The van der Waals surface area contributed by atoms with E-state index in [1.165, 1.54) is 0 Å². The first-order valence-electron chi connectivity index (χ1n) is 7.09. The number of anilines is 2. The van der Waals surface area contributed by atoms with Crippen molar-refractivity contribution in [3.63, 3.8) is 0 Å². The third-order valence-electron chi connectivity index (χ3n) is 3.30. The zero-order valence-corrected chi connectivity index (χ0v) is 13.2. The molecule has 6 nitrogen and oxygen atoms in total. The molecule has 7 heteroatoms. The minimum atomic E-state index is 0.595. The molecule has 0 atom stereocenters. The number of rotatable bonds is 5. The lowest BCUT2D eigenvalue weighted by atomic mass is 10.2. The van der Waals surface area contributed by atoms with Gasteiger partial charge in [-0.3, -0.25) is 4.68 Å². The molecule has 3 rings (SSSR count). The van der Waals surface area contributed by atoms with E-state index in [1.807, 2.05) is 38.2 Å². The summed E-state index contributed by atoms with van der Waals surface area (Å²) in [5.74, 6) is 1.36. The van der Waals surface area contributed by atoms with Gasteiger partial charge in [-0.1, -0.05) is 23.7 Å². The van der Waals surface area contributed by atoms with Gasteiger partial charge in [0.15, 0.2) is 5.65 Å². The summed E-state index contributed by atoms with van der Waals surface area (Å²) in [5, 5.41) is 12.4. The van der Waals surface area contributed by atoms with Gasteiger partial charge in [0.1, 0.15) is 5.82 Å². The largest absolute Gasteiger partial charge is 0.365 e. The highest BCUT2D eigenvalue weighted by atomic mass is 35.5. The van der Waals surface area contributed by atoms with E-state index in [4.69, 9.17) is 11.6 Å². The molecule has 0 fully saturated rings. The molecule has 0 bridgehead atoms. The molecule has 0 spiro atoms. The molecule has 0 amide bonds. The maximum Gasteiger partial charge on any atom is 0.226 e. The molecule has 0 unspecified atom stereocenters. The summed E-state index contributed by atoms with van der Waals surface area (Å²) in [5.41, 5.74) is 1.93. The molecule has 0 aliphatic heterocycles. The molecule has 3 aromatic rings. The Bertz CT molecular complexity index is 781. The van der Waals surface area contributed by atoms with Crippen LogP contribution in [0.25, 0.3) is 11.0 Å². The Labute approximate surface area is 133 Å². The van der Waals surface area contributed by atoms with Crippen LogP contribution in [0.15, 0.2) is 30.5 Å². The van der Waals surface area contributed by atoms with Crippen LogP contribution in [0.2, 0.25) is 5.02 Å². The van der Waals surface area contributed by atoms with Crippen molar-refractivity contribution < 1.29 is 0 Å². The molecule has 1 aromatic carbocycles. The Kier molecular flexibility index (Phi) is 4.11. The monoisotopic (exact) mass is 316 g/mol. The molecule has 0 radical (unpaired) electrons. The van der Waals surface area contributed by atoms with Gasteiger partial charge in [-0.15, -0.1) is 0 Å². The standard InChI is InChI=1S/C15H17ClN6/c1-3-17-15-20-13(12-9-19-22(2)14(12)21-15)18-8-10-4-6-11(16)7-5-10/h4-7,9H,3,8H2,1-2H3,(H2,17,18,20,21). The van der Waals surface area contributed by atoms with E-state index in [1.54, 1.807) is 10.9 Å². The summed E-state index contributed by atoms with van der Waals surface area (Å²) in [6.07, 6.45) is 1.77. The highest BCUT2D eigenvalue weighted by molar-refractivity contribution is 6.30. The maximum atomic E-state index is 5.90. The van der Waals surface area contributed by atoms with Crippen LogP contribution in [0.3, 0.4) is 0 Å². The average molecular weight is 317 g/mol. The highest BCUT2D eigenvalue weighted by Crippen LogP contribution is 2.22. The van der Waals surface area contributed by atoms with Gasteiger partial charge in [-0.2, -0.15) is 15.1 Å². The third-order valence-corrected chi connectivity index (χ3v) is 3.55. The minimum Gasteiger partial charge on any atom is -0.365 e. The van der Waals surface area contributed by atoms with Crippen LogP contribution < -0.4 is 10.6 Å². The number of halogens is 1. The number of hydrogen-bond donors (Lipinski definition) is 2. The normalized spacial score (nSPS) is 10.9. The second kappa shape index (κ2) is 6.19. The van der Waals surface area contributed by atoms with E-state index in [0.717, 1.165) is 34.0 Å². The van der Waals surface area contributed by atoms with Crippen molar-refractivity contribution in [3.8, 4) is 0 Å². The van der Waals surface area contributed by atoms with Crippen LogP contribution in [0.5, 0.6) is 0 Å². The Hall–Kier alpha value is -2.34. The van der Waals surface area contributed by atoms with Gasteiger partial charge >= 0.3 is 0 Å². The fourth-order valence-electron chi connectivity index (χ4n) is 2.18. The van der Waals surface area contributed by atoms with Gasteiger partial charge in [0.2, 0.25) is 5.95 Å². The highest BCUT2D eigenvalue weighted by Gasteiger charge is 2.11. The summed E-state index contributed by atoms with van der Waals surface area (Å²) < 4.78 is 1.74. The van der Waals surface area contributed by atoms with Crippen molar-refractivity contribution in [3.05, 3.63) is 41.0 Å². The van der Waals surface area contributed by atoms with Crippen LogP contribution >= 0.6 is 11.6 Å². The summed E-state index contributed by atoms with van der Waals surface area (Å²) >= 11 is 5.90. The molecule has 22 heavy (non-hydrogen) atoms. The van der Waals surface area contributed by atoms with Crippen molar-refractivity contribution in [2.75, 3.05) is 17.2 Å². The van der Waals surface area contributed by atoms with Gasteiger partial charge in [-0.05, 0) is 24.6 Å². The lowest BCUT2D eigenvalue weighted by Crippen LogP contribution is -2.08. The first-order chi connectivity index (χ1) is 10.7. The van der Waals surface area contributed by atoms with Crippen LogP contribution in [-0.2, 0) is 13.6 Å². The molecule has 0 aliphatic rings.